The van der Waals surface area contributed by atoms with Crippen molar-refractivity contribution in [3.8, 4) is 0 Å². The summed E-state index contributed by atoms with van der Waals surface area (Å²) in [4.78, 5) is 29.7. The highest BCUT2D eigenvalue weighted by Crippen LogP contribution is 2.43. The lowest BCUT2D eigenvalue weighted by atomic mass is 9.91. The third kappa shape index (κ3) is 8.33. The summed E-state index contributed by atoms with van der Waals surface area (Å²) in [5.41, 5.74) is 4.11. The number of anilines is 1. The van der Waals surface area contributed by atoms with Crippen molar-refractivity contribution >= 4 is 29.3 Å². The van der Waals surface area contributed by atoms with Gasteiger partial charge in [0.1, 0.15) is 0 Å². The number of hydrogen-bond donors (Lipinski definition) is 3. The number of carbonyl (C=O) groups is 2. The number of hydrogen-bond acceptors (Lipinski definition) is 7. The highest BCUT2D eigenvalue weighted by atomic mass is 32.2. The molecule has 0 spiro atoms. The van der Waals surface area contributed by atoms with Crippen molar-refractivity contribution < 1.29 is 24.2 Å². The van der Waals surface area contributed by atoms with Crippen LogP contribution in [0.1, 0.15) is 48.5 Å². The van der Waals surface area contributed by atoms with Gasteiger partial charge < -0.3 is 25.2 Å². The zero-order valence-corrected chi connectivity index (χ0v) is 25.6. The number of benzene rings is 3. The number of thioether (sulfide) groups is 1. The number of rotatable bonds is 11. The molecule has 1 saturated heterocycles. The van der Waals surface area contributed by atoms with Crippen LogP contribution in [0.4, 0.5) is 10.5 Å². The van der Waals surface area contributed by atoms with Crippen LogP contribution in [-0.2, 0) is 27.3 Å². The molecule has 5 rings (SSSR count). The summed E-state index contributed by atoms with van der Waals surface area (Å²) >= 11 is 1.63. The summed E-state index contributed by atoms with van der Waals surface area (Å²) in [5, 5.41) is 16.1. The molecule has 228 valence electrons. The van der Waals surface area contributed by atoms with E-state index in [2.05, 4.69) is 22.5 Å². The fraction of sp³-hybridized carbons (Fsp3) is 0.286. The number of ether oxygens (including phenoxy) is 2. The summed E-state index contributed by atoms with van der Waals surface area (Å²) in [6, 6.07) is 29.5. The highest BCUT2D eigenvalue weighted by Gasteiger charge is 2.38. The third-order valence-corrected chi connectivity index (χ3v) is 8.68. The summed E-state index contributed by atoms with van der Waals surface area (Å²) in [7, 11) is 0. The van der Waals surface area contributed by atoms with Crippen LogP contribution in [0.25, 0.3) is 0 Å². The molecule has 3 aromatic carbocycles. The predicted molar refractivity (Wildman–Crippen MR) is 171 cm³/mol. The van der Waals surface area contributed by atoms with Crippen LogP contribution >= 0.6 is 11.8 Å². The van der Waals surface area contributed by atoms with E-state index in [1.54, 1.807) is 24.0 Å². The second-order valence-electron chi connectivity index (χ2n) is 10.9. The molecule has 1 aliphatic rings. The number of Topliss-reactive ketones (excluding diaryl/α,β-unsaturated/α-hetero) is 1. The number of aliphatic hydroxyl groups excluding tert-OH is 1. The minimum atomic E-state index is -0.684. The number of aromatic nitrogens is 1. The normalized spacial score (nSPS) is 20.4. The summed E-state index contributed by atoms with van der Waals surface area (Å²) < 4.78 is 13.1. The monoisotopic (exact) mass is 611 g/mol. The zero-order chi connectivity index (χ0) is 30.9. The Morgan fingerprint density at radius 2 is 1.68 bits per heavy atom. The number of aliphatic hydroxyl groups is 1. The maximum absolute atomic E-state index is 12.9. The Hall–Kier alpha value is -4.02. The highest BCUT2D eigenvalue weighted by molar-refractivity contribution is 7.99. The van der Waals surface area contributed by atoms with Crippen molar-refractivity contribution in [1.29, 1.82) is 0 Å². The first kappa shape index (κ1) is 31.4. The maximum Gasteiger partial charge on any atom is 0.319 e. The summed E-state index contributed by atoms with van der Waals surface area (Å²) in [6.07, 6.45) is 1.09. The third-order valence-electron chi connectivity index (χ3n) is 7.65. The zero-order valence-electron chi connectivity index (χ0n) is 24.8. The predicted octanol–water partition coefficient (Wildman–Crippen LogP) is 6.48. The summed E-state index contributed by atoms with van der Waals surface area (Å²) in [6.45, 7) is 3.57. The smallest absolute Gasteiger partial charge is 0.319 e. The number of amides is 2. The molecule has 1 aliphatic heterocycles. The van der Waals surface area contributed by atoms with Crippen molar-refractivity contribution in [3.63, 3.8) is 0 Å². The number of nitrogens with zero attached hydrogens (tertiary/aromatic N) is 1. The first-order valence-electron chi connectivity index (χ1n) is 14.7. The van der Waals surface area contributed by atoms with E-state index in [0.717, 1.165) is 27.3 Å². The number of carbonyl (C=O) groups excluding carboxylic acids is 2. The van der Waals surface area contributed by atoms with Gasteiger partial charge in [-0.1, -0.05) is 79.7 Å². The lowest BCUT2D eigenvalue weighted by Gasteiger charge is -2.41. The van der Waals surface area contributed by atoms with Crippen molar-refractivity contribution in [2.75, 3.05) is 11.1 Å². The van der Waals surface area contributed by atoms with Gasteiger partial charge in [0.15, 0.2) is 12.1 Å². The van der Waals surface area contributed by atoms with Gasteiger partial charge in [0.25, 0.3) is 0 Å². The van der Waals surface area contributed by atoms with E-state index in [1.807, 2.05) is 91.0 Å². The molecule has 0 saturated carbocycles. The SMILES string of the molecule is CC(=O)C(Cc1ccccc1)NC(=O)Nc1cccc(C2OC(CSc3ccccn3)C(C)C(c3ccc(CO)cc3)O2)c1. The second kappa shape index (κ2) is 15.1. The Balaban J connectivity index is 1.31. The minimum absolute atomic E-state index is 0.0246. The molecule has 2 heterocycles. The molecule has 8 nitrogen and oxygen atoms in total. The number of urea groups is 1. The van der Waals surface area contributed by atoms with Gasteiger partial charge in [0.2, 0.25) is 0 Å². The fourth-order valence-corrected chi connectivity index (χ4v) is 6.17. The van der Waals surface area contributed by atoms with E-state index in [4.69, 9.17) is 9.47 Å². The molecule has 5 atom stereocenters. The van der Waals surface area contributed by atoms with Gasteiger partial charge in [0, 0.05) is 29.1 Å². The lowest BCUT2D eigenvalue weighted by molar-refractivity contribution is -0.268. The molecule has 0 radical (unpaired) electrons. The van der Waals surface area contributed by atoms with Gasteiger partial charge >= 0.3 is 6.03 Å². The number of ketones is 1. The quantitative estimate of drug-likeness (QED) is 0.167. The van der Waals surface area contributed by atoms with Crippen molar-refractivity contribution in [1.82, 2.24) is 10.3 Å². The molecule has 9 heteroatoms. The molecule has 1 aromatic heterocycles. The first-order chi connectivity index (χ1) is 21.4. The van der Waals surface area contributed by atoms with Crippen molar-refractivity contribution in [2.24, 2.45) is 5.92 Å². The van der Waals surface area contributed by atoms with Crippen LogP contribution in [0.3, 0.4) is 0 Å². The molecule has 1 fully saturated rings. The average molecular weight is 612 g/mol. The number of pyridine rings is 1. The molecular weight excluding hydrogens is 574 g/mol. The van der Waals surface area contributed by atoms with Gasteiger partial charge in [-0.25, -0.2) is 9.78 Å². The molecule has 44 heavy (non-hydrogen) atoms. The standard InChI is InChI=1S/C35H37N3O5S/c1-23-31(22-44-32-13-6-7-18-36-32)42-34(43-33(23)27-16-14-26(21-39)15-17-27)28-11-8-12-29(20-28)37-35(41)38-30(24(2)40)19-25-9-4-3-5-10-25/h3-18,20,23,30-31,33-34,39H,19,21-22H2,1-2H3,(H2,37,38,41). The van der Waals surface area contributed by atoms with Gasteiger partial charge in [-0.3, -0.25) is 4.79 Å². The van der Waals surface area contributed by atoms with Gasteiger partial charge in [-0.2, -0.15) is 0 Å². The van der Waals surface area contributed by atoms with Crippen LogP contribution in [0, 0.1) is 5.92 Å². The molecule has 0 aliphatic carbocycles. The van der Waals surface area contributed by atoms with Gasteiger partial charge in [0.05, 0.1) is 29.9 Å². The molecule has 2 amide bonds. The first-order valence-corrected chi connectivity index (χ1v) is 15.6. The lowest BCUT2D eigenvalue weighted by Crippen LogP contribution is -2.43. The summed E-state index contributed by atoms with van der Waals surface area (Å²) in [5.74, 6) is 0.587. The fourth-order valence-electron chi connectivity index (χ4n) is 5.14. The Labute approximate surface area is 262 Å². The molecular formula is C35H37N3O5S. The maximum atomic E-state index is 12.9. The molecule has 0 bridgehead atoms. The van der Waals surface area contributed by atoms with E-state index in [1.165, 1.54) is 6.92 Å². The van der Waals surface area contributed by atoms with E-state index in [-0.39, 0.29) is 30.5 Å². The Kier molecular flexibility index (Phi) is 10.8. The minimum Gasteiger partial charge on any atom is -0.392 e. The van der Waals surface area contributed by atoms with Gasteiger partial charge in [-0.15, -0.1) is 11.8 Å². The van der Waals surface area contributed by atoms with Crippen LogP contribution < -0.4 is 10.6 Å². The van der Waals surface area contributed by atoms with Crippen molar-refractivity contribution in [3.05, 3.63) is 126 Å². The Morgan fingerprint density at radius 3 is 2.39 bits per heavy atom. The van der Waals surface area contributed by atoms with Crippen LogP contribution in [0.2, 0.25) is 0 Å². The van der Waals surface area contributed by atoms with E-state index in [0.29, 0.717) is 17.9 Å². The molecule has 5 unspecified atom stereocenters. The average Bonchev–Trinajstić information content (AvgIpc) is 3.05. The van der Waals surface area contributed by atoms with Crippen molar-refractivity contribution in [2.45, 2.75) is 56.4 Å². The van der Waals surface area contributed by atoms with Crippen LogP contribution in [0.15, 0.2) is 108 Å². The van der Waals surface area contributed by atoms with Gasteiger partial charge in [-0.05, 0) is 54.3 Å². The number of nitrogens with one attached hydrogen (secondary N) is 2. The van der Waals surface area contributed by atoms with Crippen LogP contribution in [0.5, 0.6) is 0 Å². The Morgan fingerprint density at radius 1 is 0.909 bits per heavy atom. The second-order valence-corrected chi connectivity index (χ2v) is 11.9. The van der Waals surface area contributed by atoms with E-state index >= 15 is 0 Å². The topological polar surface area (TPSA) is 110 Å². The largest absolute Gasteiger partial charge is 0.392 e. The van der Waals surface area contributed by atoms with E-state index < -0.39 is 18.4 Å². The molecule has 4 aromatic rings. The van der Waals surface area contributed by atoms with E-state index in [9.17, 15) is 14.7 Å². The van der Waals surface area contributed by atoms with Crippen LogP contribution in [-0.4, -0.2) is 39.8 Å². The Bertz CT molecular complexity index is 1520. The molecule has 3 N–H and O–H groups in total.